The zero-order chi connectivity index (χ0) is 15.7. The van der Waals surface area contributed by atoms with Crippen molar-refractivity contribution >= 4 is 0 Å². The van der Waals surface area contributed by atoms with Gasteiger partial charge >= 0.3 is 0 Å². The van der Waals surface area contributed by atoms with E-state index in [0.717, 1.165) is 13.0 Å². The number of hydrogen-bond donors (Lipinski definition) is 1. The van der Waals surface area contributed by atoms with Gasteiger partial charge in [0, 0.05) is 17.6 Å². The van der Waals surface area contributed by atoms with Crippen LogP contribution in [0.4, 0.5) is 0 Å². The highest BCUT2D eigenvalue weighted by molar-refractivity contribution is 4.97. The van der Waals surface area contributed by atoms with E-state index < -0.39 is 0 Å². The van der Waals surface area contributed by atoms with Crippen LogP contribution in [-0.2, 0) is 4.74 Å². The molecule has 1 saturated heterocycles. The maximum absolute atomic E-state index is 10.4. The van der Waals surface area contributed by atoms with Crippen molar-refractivity contribution in [1.29, 1.82) is 0 Å². The molecule has 2 rings (SSSR count). The van der Waals surface area contributed by atoms with Crippen LogP contribution in [0.5, 0.6) is 0 Å². The monoisotopic (exact) mass is 297 g/mol. The number of hydrogen-bond acceptors (Lipinski definition) is 3. The van der Waals surface area contributed by atoms with Crippen LogP contribution in [0.1, 0.15) is 73.1 Å². The SMILES string of the molecule is C[C@H]1CCC[C@@H]1OC[C@H](O)CN1C(C)(C)CCCC1(C)C. The Morgan fingerprint density at radius 1 is 1.10 bits per heavy atom. The lowest BCUT2D eigenvalue weighted by Crippen LogP contribution is -2.60. The molecular formula is C18H35NO2. The first-order valence-corrected chi connectivity index (χ1v) is 8.80. The number of aliphatic hydroxyl groups is 1. The van der Waals surface area contributed by atoms with Crippen molar-refractivity contribution in [2.45, 2.75) is 96.4 Å². The molecule has 1 saturated carbocycles. The van der Waals surface area contributed by atoms with Gasteiger partial charge in [-0.1, -0.05) is 13.3 Å². The Balaban J connectivity index is 1.86. The first-order chi connectivity index (χ1) is 9.72. The van der Waals surface area contributed by atoms with E-state index in [1.165, 1.54) is 32.1 Å². The summed E-state index contributed by atoms with van der Waals surface area (Å²) in [5, 5.41) is 10.4. The first-order valence-electron chi connectivity index (χ1n) is 8.80. The molecule has 1 aliphatic carbocycles. The molecule has 0 aromatic rings. The van der Waals surface area contributed by atoms with Gasteiger partial charge < -0.3 is 9.84 Å². The molecule has 0 bridgehead atoms. The predicted octanol–water partition coefficient (Wildman–Crippen LogP) is 3.60. The van der Waals surface area contributed by atoms with Gasteiger partial charge in [-0.15, -0.1) is 0 Å². The van der Waals surface area contributed by atoms with Gasteiger partial charge in [0.25, 0.3) is 0 Å². The van der Waals surface area contributed by atoms with Crippen LogP contribution >= 0.6 is 0 Å². The number of ether oxygens (including phenoxy) is 1. The van der Waals surface area contributed by atoms with Crippen LogP contribution < -0.4 is 0 Å². The Morgan fingerprint density at radius 2 is 1.71 bits per heavy atom. The second-order valence-corrected chi connectivity index (χ2v) is 8.52. The molecule has 2 aliphatic rings. The molecule has 1 heterocycles. The van der Waals surface area contributed by atoms with Crippen LogP contribution in [0, 0.1) is 5.92 Å². The third-order valence-electron chi connectivity index (χ3n) is 5.72. The molecule has 0 unspecified atom stereocenters. The lowest BCUT2D eigenvalue weighted by Gasteiger charge is -2.53. The van der Waals surface area contributed by atoms with Crippen LogP contribution in [0.15, 0.2) is 0 Å². The second kappa shape index (κ2) is 6.55. The standard InChI is InChI=1S/C18H35NO2/c1-14-8-6-9-16(14)21-13-15(20)12-19-17(2,3)10-7-11-18(19,4)5/h14-16,20H,6-13H2,1-5H3/t14-,15+,16-/m0/s1. The fraction of sp³-hybridized carbons (Fsp3) is 1.00. The van der Waals surface area contributed by atoms with Gasteiger partial charge in [-0.2, -0.15) is 0 Å². The van der Waals surface area contributed by atoms with Crippen LogP contribution in [0.2, 0.25) is 0 Å². The predicted molar refractivity (Wildman–Crippen MR) is 87.5 cm³/mol. The van der Waals surface area contributed by atoms with Crippen LogP contribution in [0.25, 0.3) is 0 Å². The average molecular weight is 297 g/mol. The molecule has 2 fully saturated rings. The molecule has 0 aromatic heterocycles. The van der Waals surface area contributed by atoms with Gasteiger partial charge in [0.05, 0.1) is 18.8 Å². The van der Waals surface area contributed by atoms with Gasteiger partial charge in [0.2, 0.25) is 0 Å². The zero-order valence-electron chi connectivity index (χ0n) is 14.7. The Kier molecular flexibility index (Phi) is 5.38. The van der Waals surface area contributed by atoms with E-state index in [9.17, 15) is 5.11 Å². The van der Waals surface area contributed by atoms with Gasteiger partial charge in [0.15, 0.2) is 0 Å². The number of likely N-dealkylation sites (tertiary alicyclic amines) is 1. The normalized spacial score (nSPS) is 34.0. The topological polar surface area (TPSA) is 32.7 Å². The van der Waals surface area contributed by atoms with Crippen molar-refractivity contribution < 1.29 is 9.84 Å². The zero-order valence-corrected chi connectivity index (χ0v) is 14.7. The maximum atomic E-state index is 10.4. The molecule has 1 aliphatic heterocycles. The smallest absolute Gasteiger partial charge is 0.0900 e. The first kappa shape index (κ1) is 17.2. The number of piperidine rings is 1. The summed E-state index contributed by atoms with van der Waals surface area (Å²) in [4.78, 5) is 2.50. The summed E-state index contributed by atoms with van der Waals surface area (Å²) in [5.74, 6) is 0.653. The van der Waals surface area contributed by atoms with E-state index in [-0.39, 0.29) is 17.2 Å². The van der Waals surface area contributed by atoms with Crippen molar-refractivity contribution in [3.8, 4) is 0 Å². The molecule has 21 heavy (non-hydrogen) atoms. The highest BCUT2D eigenvalue weighted by Gasteiger charge is 2.41. The third-order valence-corrected chi connectivity index (χ3v) is 5.72. The second-order valence-electron chi connectivity index (χ2n) is 8.52. The van der Waals surface area contributed by atoms with Crippen LogP contribution in [0.3, 0.4) is 0 Å². The number of rotatable bonds is 5. The molecule has 0 amide bonds. The van der Waals surface area contributed by atoms with Crippen molar-refractivity contribution in [1.82, 2.24) is 4.90 Å². The summed E-state index contributed by atoms with van der Waals surface area (Å²) in [7, 11) is 0. The Labute approximate surface area is 131 Å². The number of nitrogens with zero attached hydrogens (tertiary/aromatic N) is 1. The summed E-state index contributed by atoms with van der Waals surface area (Å²) in [6.45, 7) is 12.7. The largest absolute Gasteiger partial charge is 0.389 e. The Hall–Kier alpha value is -0.120. The summed E-state index contributed by atoms with van der Waals surface area (Å²) in [6.07, 6.45) is 7.39. The van der Waals surface area contributed by atoms with Crippen molar-refractivity contribution in [2.75, 3.05) is 13.2 Å². The Bertz CT molecular complexity index is 324. The number of aliphatic hydroxyl groups excluding tert-OH is 1. The molecule has 0 aromatic carbocycles. The van der Waals surface area contributed by atoms with Crippen molar-refractivity contribution in [2.24, 2.45) is 5.92 Å². The van der Waals surface area contributed by atoms with Gasteiger partial charge in [-0.25, -0.2) is 0 Å². The summed E-state index contributed by atoms with van der Waals surface area (Å²) < 4.78 is 5.98. The fourth-order valence-corrected chi connectivity index (χ4v) is 4.39. The number of β-amino-alcohol motifs (C(OH)–C–C–N with tert-alkyl or cyclic N) is 1. The van der Waals surface area contributed by atoms with E-state index >= 15 is 0 Å². The minimum Gasteiger partial charge on any atom is -0.389 e. The van der Waals surface area contributed by atoms with Crippen LogP contribution in [-0.4, -0.2) is 46.4 Å². The minimum atomic E-state index is -0.380. The molecule has 3 atom stereocenters. The van der Waals surface area contributed by atoms with E-state index in [1.807, 2.05) is 0 Å². The molecule has 3 heteroatoms. The average Bonchev–Trinajstić information content (AvgIpc) is 2.77. The van der Waals surface area contributed by atoms with E-state index in [2.05, 4.69) is 39.5 Å². The summed E-state index contributed by atoms with van der Waals surface area (Å²) in [6, 6.07) is 0. The molecule has 0 spiro atoms. The van der Waals surface area contributed by atoms with Gasteiger partial charge in [-0.05, 0) is 65.7 Å². The summed E-state index contributed by atoms with van der Waals surface area (Å²) in [5.41, 5.74) is 0.340. The fourth-order valence-electron chi connectivity index (χ4n) is 4.39. The van der Waals surface area contributed by atoms with Crippen molar-refractivity contribution in [3.05, 3.63) is 0 Å². The lowest BCUT2D eigenvalue weighted by molar-refractivity contribution is -0.0819. The molecule has 1 N–H and O–H groups in total. The van der Waals surface area contributed by atoms with Gasteiger partial charge in [0.1, 0.15) is 0 Å². The third kappa shape index (κ3) is 4.20. The Morgan fingerprint density at radius 3 is 2.24 bits per heavy atom. The van der Waals surface area contributed by atoms with E-state index in [1.54, 1.807) is 0 Å². The van der Waals surface area contributed by atoms with Gasteiger partial charge in [-0.3, -0.25) is 4.90 Å². The molecule has 3 nitrogen and oxygen atoms in total. The highest BCUT2D eigenvalue weighted by Crippen LogP contribution is 2.38. The highest BCUT2D eigenvalue weighted by atomic mass is 16.5. The minimum absolute atomic E-state index is 0.170. The molecule has 0 radical (unpaired) electrons. The maximum Gasteiger partial charge on any atom is 0.0900 e. The lowest BCUT2D eigenvalue weighted by atomic mass is 9.79. The molecule has 124 valence electrons. The quantitative estimate of drug-likeness (QED) is 0.841. The van der Waals surface area contributed by atoms with E-state index in [0.29, 0.717) is 18.6 Å². The van der Waals surface area contributed by atoms with Crippen molar-refractivity contribution in [3.63, 3.8) is 0 Å². The summed E-state index contributed by atoms with van der Waals surface area (Å²) >= 11 is 0. The molecular weight excluding hydrogens is 262 g/mol. The van der Waals surface area contributed by atoms with E-state index in [4.69, 9.17) is 4.74 Å².